The minimum absolute atomic E-state index is 0.117. The maximum absolute atomic E-state index is 10.8. The van der Waals surface area contributed by atoms with Crippen LogP contribution >= 0.6 is 0 Å². The van der Waals surface area contributed by atoms with Crippen molar-refractivity contribution in [3.05, 3.63) is 0 Å². The average molecular weight is 435 g/mol. The van der Waals surface area contributed by atoms with Crippen molar-refractivity contribution in [3.63, 3.8) is 0 Å². The van der Waals surface area contributed by atoms with Crippen LogP contribution in [0.25, 0.3) is 0 Å². The molecule has 0 aromatic heterocycles. The number of hydrogen-bond acceptors (Lipinski definition) is 2. The summed E-state index contributed by atoms with van der Waals surface area (Å²) in [7, 11) is 0.489. The quantitative estimate of drug-likeness (QED) is 0.113. The third-order valence-corrected chi connectivity index (χ3v) is 6.84. The number of rotatable bonds is 22. The zero-order chi connectivity index (χ0) is 21.8. The van der Waals surface area contributed by atoms with Gasteiger partial charge in [-0.2, -0.15) is 8.42 Å². The van der Waals surface area contributed by atoms with Crippen LogP contribution in [0.1, 0.15) is 122 Å². The standard InChI is InChI=1S/C24H51NO3S/c1-4-5-6-7-8-9-10-11-12-13-14-15-16-17-18-19-20-22-25(2,3)23-21-24-29(26,27)28/h4-24H2,1-3H3/p+1. The van der Waals surface area contributed by atoms with Crippen molar-refractivity contribution in [2.75, 3.05) is 32.9 Å². The predicted molar refractivity (Wildman–Crippen MR) is 127 cm³/mol. The van der Waals surface area contributed by atoms with Gasteiger partial charge in [-0.25, -0.2) is 0 Å². The van der Waals surface area contributed by atoms with Crippen LogP contribution in [0.3, 0.4) is 0 Å². The van der Waals surface area contributed by atoms with Crippen molar-refractivity contribution in [2.45, 2.75) is 122 Å². The highest BCUT2D eigenvalue weighted by molar-refractivity contribution is 7.85. The van der Waals surface area contributed by atoms with Gasteiger partial charge >= 0.3 is 0 Å². The Morgan fingerprint density at radius 1 is 0.552 bits per heavy atom. The van der Waals surface area contributed by atoms with Gasteiger partial charge in [0.2, 0.25) is 0 Å². The molecule has 0 rings (SSSR count). The van der Waals surface area contributed by atoms with Crippen molar-refractivity contribution in [3.8, 4) is 0 Å². The van der Waals surface area contributed by atoms with Gasteiger partial charge in [-0.3, -0.25) is 4.55 Å². The van der Waals surface area contributed by atoms with E-state index in [9.17, 15) is 8.42 Å². The molecule has 0 spiro atoms. The number of nitrogens with zero attached hydrogens (tertiary/aromatic N) is 1. The summed E-state index contributed by atoms with van der Waals surface area (Å²) in [5, 5.41) is 0. The third kappa shape index (κ3) is 24.0. The van der Waals surface area contributed by atoms with E-state index in [1.807, 2.05) is 0 Å². The molecule has 176 valence electrons. The fourth-order valence-corrected chi connectivity index (χ4v) is 4.55. The second-order valence-corrected chi connectivity index (χ2v) is 11.3. The monoisotopic (exact) mass is 434 g/mol. The molecule has 1 N–H and O–H groups in total. The largest absolute Gasteiger partial charge is 0.328 e. The summed E-state index contributed by atoms with van der Waals surface area (Å²) >= 11 is 0. The first kappa shape index (κ1) is 28.9. The lowest BCUT2D eigenvalue weighted by molar-refractivity contribution is -0.890. The van der Waals surface area contributed by atoms with Crippen molar-refractivity contribution in [2.24, 2.45) is 0 Å². The molecule has 0 aromatic carbocycles. The molecule has 4 nitrogen and oxygen atoms in total. The van der Waals surface area contributed by atoms with E-state index < -0.39 is 10.1 Å². The lowest BCUT2D eigenvalue weighted by atomic mass is 10.0. The minimum atomic E-state index is -3.81. The number of unbranched alkanes of at least 4 members (excludes halogenated alkanes) is 16. The van der Waals surface area contributed by atoms with Gasteiger partial charge in [0.25, 0.3) is 10.1 Å². The van der Waals surface area contributed by atoms with E-state index in [0.29, 0.717) is 6.42 Å². The highest BCUT2D eigenvalue weighted by atomic mass is 32.2. The van der Waals surface area contributed by atoms with Crippen LogP contribution in [-0.2, 0) is 10.1 Å². The molecule has 0 saturated carbocycles. The first-order chi connectivity index (χ1) is 13.8. The Kier molecular flexibility index (Phi) is 18.5. The van der Waals surface area contributed by atoms with Crippen molar-refractivity contribution in [1.82, 2.24) is 0 Å². The van der Waals surface area contributed by atoms with E-state index in [1.165, 1.54) is 109 Å². The molecule has 0 unspecified atom stereocenters. The lowest BCUT2D eigenvalue weighted by Gasteiger charge is -2.29. The Morgan fingerprint density at radius 2 is 0.862 bits per heavy atom. The summed E-state index contributed by atoms with van der Waals surface area (Å²) in [6.45, 7) is 4.17. The van der Waals surface area contributed by atoms with E-state index in [0.717, 1.165) is 17.6 Å². The van der Waals surface area contributed by atoms with Gasteiger partial charge < -0.3 is 4.48 Å². The maximum atomic E-state index is 10.8. The Morgan fingerprint density at radius 3 is 1.21 bits per heavy atom. The first-order valence-electron chi connectivity index (χ1n) is 12.5. The van der Waals surface area contributed by atoms with Crippen LogP contribution in [-0.4, -0.2) is 50.4 Å². The van der Waals surface area contributed by atoms with Gasteiger partial charge in [0.05, 0.1) is 32.9 Å². The van der Waals surface area contributed by atoms with E-state index in [-0.39, 0.29) is 5.75 Å². The van der Waals surface area contributed by atoms with Crippen molar-refractivity contribution < 1.29 is 17.5 Å². The van der Waals surface area contributed by atoms with E-state index in [4.69, 9.17) is 4.55 Å². The molecule has 0 radical (unpaired) electrons. The summed E-state index contributed by atoms with van der Waals surface area (Å²) in [6, 6.07) is 0. The minimum Gasteiger partial charge on any atom is -0.328 e. The van der Waals surface area contributed by atoms with Crippen LogP contribution in [0.5, 0.6) is 0 Å². The fraction of sp³-hybridized carbons (Fsp3) is 1.00. The summed E-state index contributed by atoms with van der Waals surface area (Å²) in [5.41, 5.74) is 0. The van der Waals surface area contributed by atoms with E-state index in [1.54, 1.807) is 0 Å². The number of quaternary nitrogens is 1. The predicted octanol–water partition coefficient (Wildman–Crippen LogP) is 6.99. The Labute approximate surface area is 183 Å². The zero-order valence-electron chi connectivity index (χ0n) is 20.0. The summed E-state index contributed by atoms with van der Waals surface area (Å²) < 4.78 is 31.2. The second-order valence-electron chi connectivity index (χ2n) is 9.68. The Hall–Kier alpha value is -0.130. The molecule has 5 heteroatoms. The Balaban J connectivity index is 3.29. The van der Waals surface area contributed by atoms with E-state index in [2.05, 4.69) is 21.0 Å². The molecule has 0 aliphatic heterocycles. The summed E-state index contributed by atoms with van der Waals surface area (Å²) in [4.78, 5) is 0. The Bertz CT molecular complexity index is 449. The molecule has 0 atom stereocenters. The number of hydrogen-bond donors (Lipinski definition) is 1. The third-order valence-electron chi connectivity index (χ3n) is 6.03. The van der Waals surface area contributed by atoms with Crippen LogP contribution in [0, 0.1) is 0 Å². The molecule has 0 amide bonds. The van der Waals surface area contributed by atoms with Gasteiger partial charge in [0, 0.05) is 6.42 Å². The maximum Gasteiger partial charge on any atom is 0.265 e. The molecule has 0 bridgehead atoms. The van der Waals surface area contributed by atoms with Gasteiger partial charge in [-0.15, -0.1) is 0 Å². The zero-order valence-corrected chi connectivity index (χ0v) is 20.8. The second kappa shape index (κ2) is 18.6. The molecular weight excluding hydrogens is 382 g/mol. The lowest BCUT2D eigenvalue weighted by Crippen LogP contribution is -2.41. The first-order valence-corrected chi connectivity index (χ1v) is 14.1. The van der Waals surface area contributed by atoms with Crippen LogP contribution in [0.4, 0.5) is 0 Å². The van der Waals surface area contributed by atoms with E-state index >= 15 is 0 Å². The summed E-state index contributed by atoms with van der Waals surface area (Å²) in [6.07, 6.45) is 24.1. The van der Waals surface area contributed by atoms with Crippen molar-refractivity contribution >= 4 is 10.1 Å². The highest BCUT2D eigenvalue weighted by Gasteiger charge is 2.16. The molecule has 0 saturated heterocycles. The summed E-state index contributed by atoms with van der Waals surface area (Å²) in [5.74, 6) is -0.117. The van der Waals surface area contributed by atoms with Crippen LogP contribution < -0.4 is 0 Å². The topological polar surface area (TPSA) is 54.4 Å². The molecule has 29 heavy (non-hydrogen) atoms. The molecule has 0 fully saturated rings. The molecule has 0 aliphatic rings. The molecule has 0 aliphatic carbocycles. The van der Waals surface area contributed by atoms with Gasteiger partial charge in [0.1, 0.15) is 0 Å². The van der Waals surface area contributed by atoms with Crippen LogP contribution in [0.2, 0.25) is 0 Å². The smallest absolute Gasteiger partial charge is 0.265 e. The highest BCUT2D eigenvalue weighted by Crippen LogP contribution is 2.14. The normalized spacial score (nSPS) is 12.6. The fourth-order valence-electron chi connectivity index (χ4n) is 4.05. The van der Waals surface area contributed by atoms with Gasteiger partial charge in [-0.05, 0) is 12.8 Å². The van der Waals surface area contributed by atoms with Gasteiger partial charge in [-0.1, -0.05) is 103 Å². The van der Waals surface area contributed by atoms with Gasteiger partial charge in [0.15, 0.2) is 0 Å². The molecular formula is C24H52NO3S+. The van der Waals surface area contributed by atoms with Crippen molar-refractivity contribution in [1.29, 1.82) is 0 Å². The molecule has 0 heterocycles. The average Bonchev–Trinajstić information content (AvgIpc) is 2.63. The SMILES string of the molecule is CCCCCCCCCCCCCCCCCCC[N+](C)(C)CCCS(=O)(=O)O. The van der Waals surface area contributed by atoms with Crippen LogP contribution in [0.15, 0.2) is 0 Å². The molecule has 0 aromatic rings.